The number of aromatic nitrogens is 2. The molecular weight excluding hydrogens is 240 g/mol. The van der Waals surface area contributed by atoms with Crippen molar-refractivity contribution in [2.75, 3.05) is 13.1 Å². The van der Waals surface area contributed by atoms with Crippen molar-refractivity contribution in [2.24, 2.45) is 0 Å². The van der Waals surface area contributed by atoms with E-state index in [9.17, 15) is 4.79 Å². The first-order valence-electron chi connectivity index (χ1n) is 7.04. The van der Waals surface area contributed by atoms with Crippen LogP contribution in [-0.4, -0.2) is 39.9 Å². The second kappa shape index (κ2) is 7.19. The number of hydrogen-bond donors (Lipinski definition) is 1. The average Bonchev–Trinajstić information content (AvgIpc) is 2.74. The number of nitrogens with one attached hydrogen (secondary N) is 1. The molecule has 1 amide bonds. The van der Waals surface area contributed by atoms with Gasteiger partial charge in [0.1, 0.15) is 6.33 Å². The van der Waals surface area contributed by atoms with Crippen LogP contribution in [-0.2, 0) is 11.3 Å². The van der Waals surface area contributed by atoms with Crippen molar-refractivity contribution in [3.05, 3.63) is 24.3 Å². The second-order valence-electron chi connectivity index (χ2n) is 5.04. The van der Waals surface area contributed by atoms with E-state index in [1.54, 1.807) is 6.20 Å². The maximum atomic E-state index is 12.3. The number of likely N-dealkylation sites (tertiary alicyclic amines) is 1. The lowest BCUT2D eigenvalue weighted by Crippen LogP contribution is -2.45. The minimum absolute atomic E-state index is 0.159. The molecule has 1 saturated heterocycles. The van der Waals surface area contributed by atoms with Gasteiger partial charge in [-0.15, -0.1) is 0 Å². The van der Waals surface area contributed by atoms with Crippen LogP contribution in [0.25, 0.3) is 0 Å². The van der Waals surface area contributed by atoms with E-state index in [4.69, 9.17) is 0 Å². The molecule has 1 aliphatic rings. The number of hydrogen-bond acceptors (Lipinski definition) is 4. The van der Waals surface area contributed by atoms with E-state index in [1.165, 1.54) is 19.2 Å². The number of carbonyl (C=O) groups is 1. The number of amides is 1. The summed E-state index contributed by atoms with van der Waals surface area (Å²) in [4.78, 5) is 22.3. The van der Waals surface area contributed by atoms with Crippen LogP contribution in [0.2, 0.25) is 0 Å². The summed E-state index contributed by atoms with van der Waals surface area (Å²) in [6.45, 7) is 4.33. The molecule has 5 nitrogen and oxygen atoms in total. The molecule has 0 aromatic carbocycles. The predicted molar refractivity (Wildman–Crippen MR) is 73.4 cm³/mol. The molecule has 19 heavy (non-hydrogen) atoms. The minimum atomic E-state index is -0.159. The lowest BCUT2D eigenvalue weighted by atomic mass is 10.2. The van der Waals surface area contributed by atoms with Gasteiger partial charge in [-0.25, -0.2) is 9.97 Å². The highest BCUT2D eigenvalue weighted by Crippen LogP contribution is 2.10. The quantitative estimate of drug-likeness (QED) is 0.890. The third-order valence-electron chi connectivity index (χ3n) is 3.52. The maximum absolute atomic E-state index is 12.3. The molecule has 1 atom stereocenters. The smallest absolute Gasteiger partial charge is 0.239 e. The molecule has 1 aliphatic heterocycles. The van der Waals surface area contributed by atoms with Crippen LogP contribution in [0.1, 0.15) is 38.3 Å². The van der Waals surface area contributed by atoms with Crippen LogP contribution in [0.4, 0.5) is 0 Å². The molecule has 1 aromatic heterocycles. The summed E-state index contributed by atoms with van der Waals surface area (Å²) >= 11 is 0. The molecule has 0 radical (unpaired) electrons. The Labute approximate surface area is 114 Å². The van der Waals surface area contributed by atoms with Gasteiger partial charge in [0.15, 0.2) is 0 Å². The van der Waals surface area contributed by atoms with Crippen molar-refractivity contribution in [1.82, 2.24) is 20.2 Å². The van der Waals surface area contributed by atoms with Gasteiger partial charge in [0.2, 0.25) is 5.91 Å². The Morgan fingerprint density at radius 1 is 1.37 bits per heavy atom. The van der Waals surface area contributed by atoms with Crippen molar-refractivity contribution in [1.29, 1.82) is 0 Å². The summed E-state index contributed by atoms with van der Waals surface area (Å²) in [6.07, 6.45) is 7.98. The van der Waals surface area contributed by atoms with Crippen molar-refractivity contribution in [3.63, 3.8) is 0 Å². The lowest BCUT2D eigenvalue weighted by molar-refractivity contribution is -0.133. The third kappa shape index (κ3) is 4.28. The maximum Gasteiger partial charge on any atom is 0.239 e. The number of carbonyl (C=O) groups excluding carboxylic acids is 1. The molecule has 2 rings (SSSR count). The van der Waals surface area contributed by atoms with Gasteiger partial charge >= 0.3 is 0 Å². The molecule has 0 saturated carbocycles. The fourth-order valence-electron chi connectivity index (χ4n) is 2.33. The summed E-state index contributed by atoms with van der Waals surface area (Å²) in [5, 5.41) is 3.23. The molecule has 1 aromatic rings. The Morgan fingerprint density at radius 3 is 2.74 bits per heavy atom. The first-order valence-corrected chi connectivity index (χ1v) is 7.04. The molecule has 1 unspecified atom stereocenters. The van der Waals surface area contributed by atoms with Crippen LogP contribution < -0.4 is 5.32 Å². The minimum Gasteiger partial charge on any atom is -0.341 e. The average molecular weight is 262 g/mol. The molecule has 104 valence electrons. The van der Waals surface area contributed by atoms with E-state index in [0.29, 0.717) is 6.54 Å². The summed E-state index contributed by atoms with van der Waals surface area (Å²) in [5.41, 5.74) is 0.908. The van der Waals surface area contributed by atoms with Gasteiger partial charge in [-0.05, 0) is 25.8 Å². The Bertz CT molecular complexity index is 388. The summed E-state index contributed by atoms with van der Waals surface area (Å²) in [5.74, 6) is 0.205. The Hall–Kier alpha value is -1.49. The van der Waals surface area contributed by atoms with E-state index in [0.717, 1.165) is 31.6 Å². The Balaban J connectivity index is 1.81. The first kappa shape index (κ1) is 13.9. The largest absolute Gasteiger partial charge is 0.341 e. The molecule has 0 spiro atoms. The molecule has 1 fully saturated rings. The highest BCUT2D eigenvalue weighted by molar-refractivity contribution is 5.81. The lowest BCUT2D eigenvalue weighted by Gasteiger charge is -2.24. The van der Waals surface area contributed by atoms with Crippen LogP contribution in [0.15, 0.2) is 18.6 Å². The SMILES string of the molecule is CC(NCc1ccncn1)C(=O)N1CCCCCC1. The van der Waals surface area contributed by atoms with Gasteiger partial charge in [0.05, 0.1) is 11.7 Å². The topological polar surface area (TPSA) is 58.1 Å². The fraction of sp³-hybridized carbons (Fsp3) is 0.643. The zero-order chi connectivity index (χ0) is 13.5. The standard InChI is InChI=1S/C14H22N4O/c1-12(16-10-13-6-7-15-11-17-13)14(19)18-8-4-2-3-5-9-18/h6-7,11-12,16H,2-5,8-10H2,1H3. The van der Waals surface area contributed by atoms with E-state index in [1.807, 2.05) is 17.9 Å². The van der Waals surface area contributed by atoms with Gasteiger partial charge < -0.3 is 10.2 Å². The molecule has 2 heterocycles. The van der Waals surface area contributed by atoms with Gasteiger partial charge in [0.25, 0.3) is 0 Å². The van der Waals surface area contributed by atoms with E-state index >= 15 is 0 Å². The highest BCUT2D eigenvalue weighted by atomic mass is 16.2. The van der Waals surface area contributed by atoms with Gasteiger partial charge in [-0.3, -0.25) is 4.79 Å². The second-order valence-corrected chi connectivity index (χ2v) is 5.04. The summed E-state index contributed by atoms with van der Waals surface area (Å²) in [6, 6.07) is 1.70. The first-order chi connectivity index (χ1) is 9.27. The van der Waals surface area contributed by atoms with Crippen molar-refractivity contribution >= 4 is 5.91 Å². The van der Waals surface area contributed by atoms with Crippen LogP contribution in [0.5, 0.6) is 0 Å². The molecule has 1 N–H and O–H groups in total. The van der Waals surface area contributed by atoms with E-state index in [-0.39, 0.29) is 11.9 Å². The van der Waals surface area contributed by atoms with Gasteiger partial charge in [0, 0.05) is 25.8 Å². The van der Waals surface area contributed by atoms with E-state index < -0.39 is 0 Å². The van der Waals surface area contributed by atoms with Crippen molar-refractivity contribution in [2.45, 2.75) is 45.2 Å². The summed E-state index contributed by atoms with van der Waals surface area (Å²) < 4.78 is 0. The summed E-state index contributed by atoms with van der Waals surface area (Å²) in [7, 11) is 0. The molecule has 0 aliphatic carbocycles. The number of nitrogens with zero attached hydrogens (tertiary/aromatic N) is 3. The van der Waals surface area contributed by atoms with Crippen LogP contribution >= 0.6 is 0 Å². The van der Waals surface area contributed by atoms with Crippen LogP contribution in [0, 0.1) is 0 Å². The van der Waals surface area contributed by atoms with E-state index in [2.05, 4.69) is 15.3 Å². The number of rotatable bonds is 4. The predicted octanol–water partition coefficient (Wildman–Crippen LogP) is 1.36. The Kier molecular flexibility index (Phi) is 5.27. The zero-order valence-electron chi connectivity index (χ0n) is 11.5. The normalized spacial score (nSPS) is 17.8. The van der Waals surface area contributed by atoms with Crippen LogP contribution in [0.3, 0.4) is 0 Å². The van der Waals surface area contributed by atoms with Crippen molar-refractivity contribution < 1.29 is 4.79 Å². The highest BCUT2D eigenvalue weighted by Gasteiger charge is 2.20. The molecular formula is C14H22N4O. The molecule has 0 bridgehead atoms. The fourth-order valence-corrected chi connectivity index (χ4v) is 2.33. The third-order valence-corrected chi connectivity index (χ3v) is 3.52. The monoisotopic (exact) mass is 262 g/mol. The van der Waals surface area contributed by atoms with Gasteiger partial charge in [-0.2, -0.15) is 0 Å². The zero-order valence-corrected chi connectivity index (χ0v) is 11.5. The molecule has 5 heteroatoms. The van der Waals surface area contributed by atoms with Gasteiger partial charge in [-0.1, -0.05) is 12.8 Å². The Morgan fingerprint density at radius 2 is 2.11 bits per heavy atom. The van der Waals surface area contributed by atoms with Crippen molar-refractivity contribution in [3.8, 4) is 0 Å².